The van der Waals surface area contributed by atoms with Crippen LogP contribution in [0.2, 0.25) is 0 Å². The van der Waals surface area contributed by atoms with Crippen LogP contribution in [0.15, 0.2) is 4.34 Å². The van der Waals surface area contributed by atoms with E-state index in [0.717, 1.165) is 9.47 Å². The van der Waals surface area contributed by atoms with Gasteiger partial charge in [0.1, 0.15) is 0 Å². The second kappa shape index (κ2) is 4.78. The maximum Gasteiger partial charge on any atom is 0.208 e. The minimum atomic E-state index is -0.295. The molecule has 0 unspecified atom stereocenters. The standard InChI is InChI=1S/C7H13N3OS2/c1-5(11)4-12-7-9-8-6(13-7)10(2)3/h5,11H,4H2,1-3H3/t5-/m1/s1. The highest BCUT2D eigenvalue weighted by molar-refractivity contribution is 8.01. The van der Waals surface area contributed by atoms with Crippen LogP contribution < -0.4 is 4.90 Å². The Labute approximate surface area is 86.0 Å². The molecule has 0 amide bonds. The van der Waals surface area contributed by atoms with Crippen LogP contribution in [0.25, 0.3) is 0 Å². The van der Waals surface area contributed by atoms with Crippen LogP contribution in [0.3, 0.4) is 0 Å². The second-order valence-corrected chi connectivity index (χ2v) is 5.13. The predicted molar refractivity (Wildman–Crippen MR) is 56.6 cm³/mol. The molecule has 1 atom stereocenters. The van der Waals surface area contributed by atoms with Crippen LogP contribution in [-0.4, -0.2) is 41.3 Å². The summed E-state index contributed by atoms with van der Waals surface area (Å²) < 4.78 is 0.907. The summed E-state index contributed by atoms with van der Waals surface area (Å²) in [6.45, 7) is 1.76. The Morgan fingerprint density at radius 2 is 2.23 bits per heavy atom. The van der Waals surface area contributed by atoms with Gasteiger partial charge >= 0.3 is 0 Å². The van der Waals surface area contributed by atoms with Crippen molar-refractivity contribution in [3.8, 4) is 0 Å². The molecule has 0 aliphatic heterocycles. The Balaban J connectivity index is 2.49. The molecule has 1 rings (SSSR count). The fourth-order valence-electron chi connectivity index (χ4n) is 0.633. The highest BCUT2D eigenvalue weighted by Gasteiger charge is 2.06. The van der Waals surface area contributed by atoms with Crippen LogP contribution in [0, 0.1) is 0 Å². The summed E-state index contributed by atoms with van der Waals surface area (Å²) in [5, 5.41) is 17.9. The summed E-state index contributed by atoms with van der Waals surface area (Å²) in [6, 6.07) is 0. The first-order valence-electron chi connectivity index (χ1n) is 3.91. The first-order chi connectivity index (χ1) is 6.09. The van der Waals surface area contributed by atoms with E-state index in [1.807, 2.05) is 19.0 Å². The molecule has 74 valence electrons. The monoisotopic (exact) mass is 219 g/mol. The van der Waals surface area contributed by atoms with Crippen molar-refractivity contribution in [2.24, 2.45) is 0 Å². The van der Waals surface area contributed by atoms with E-state index >= 15 is 0 Å². The van der Waals surface area contributed by atoms with Crippen molar-refractivity contribution >= 4 is 28.2 Å². The third-order valence-corrected chi connectivity index (χ3v) is 3.69. The lowest BCUT2D eigenvalue weighted by molar-refractivity contribution is 0.220. The van der Waals surface area contributed by atoms with E-state index in [4.69, 9.17) is 5.11 Å². The molecule has 0 spiro atoms. The molecule has 0 radical (unpaired) electrons. The summed E-state index contributed by atoms with van der Waals surface area (Å²) in [7, 11) is 3.87. The number of rotatable bonds is 4. The van der Waals surface area contributed by atoms with Crippen molar-refractivity contribution in [2.75, 3.05) is 24.7 Å². The average molecular weight is 219 g/mol. The number of aliphatic hydroxyl groups is 1. The SMILES string of the molecule is C[C@@H](O)CSc1nnc(N(C)C)s1. The quantitative estimate of drug-likeness (QED) is 0.768. The molecule has 0 aromatic carbocycles. The number of anilines is 1. The third kappa shape index (κ3) is 3.50. The molecule has 4 nitrogen and oxygen atoms in total. The minimum absolute atomic E-state index is 0.295. The Kier molecular flexibility index (Phi) is 3.95. The van der Waals surface area contributed by atoms with Crippen molar-refractivity contribution in [3.05, 3.63) is 0 Å². The van der Waals surface area contributed by atoms with Gasteiger partial charge in [-0.3, -0.25) is 0 Å². The van der Waals surface area contributed by atoms with Gasteiger partial charge in [0.15, 0.2) is 4.34 Å². The van der Waals surface area contributed by atoms with E-state index in [1.165, 1.54) is 23.1 Å². The summed E-state index contributed by atoms with van der Waals surface area (Å²) >= 11 is 3.07. The summed E-state index contributed by atoms with van der Waals surface area (Å²) in [5.74, 6) is 0.669. The predicted octanol–water partition coefficient (Wildman–Crippen LogP) is 1.08. The van der Waals surface area contributed by atoms with Crippen molar-refractivity contribution < 1.29 is 5.11 Å². The van der Waals surface area contributed by atoms with Gasteiger partial charge in [0, 0.05) is 19.8 Å². The summed E-state index contributed by atoms with van der Waals surface area (Å²) in [4.78, 5) is 1.92. The Bertz CT molecular complexity index is 262. The van der Waals surface area contributed by atoms with E-state index in [-0.39, 0.29) is 6.10 Å². The zero-order valence-corrected chi connectivity index (χ0v) is 9.52. The van der Waals surface area contributed by atoms with Gasteiger partial charge in [0.2, 0.25) is 5.13 Å². The Hall–Kier alpha value is -0.330. The maximum atomic E-state index is 9.05. The van der Waals surface area contributed by atoms with Crippen molar-refractivity contribution in [2.45, 2.75) is 17.4 Å². The molecule has 13 heavy (non-hydrogen) atoms. The van der Waals surface area contributed by atoms with Gasteiger partial charge in [0.05, 0.1) is 6.10 Å². The number of hydrogen-bond donors (Lipinski definition) is 1. The second-order valence-electron chi connectivity index (χ2n) is 2.90. The van der Waals surface area contributed by atoms with E-state index in [9.17, 15) is 0 Å². The normalized spacial score (nSPS) is 12.9. The average Bonchev–Trinajstić information content (AvgIpc) is 2.48. The molecule has 1 aromatic rings. The highest BCUT2D eigenvalue weighted by Crippen LogP contribution is 2.26. The van der Waals surface area contributed by atoms with Gasteiger partial charge in [-0.15, -0.1) is 10.2 Å². The molecular formula is C7H13N3OS2. The lowest BCUT2D eigenvalue weighted by Crippen LogP contribution is -2.07. The van der Waals surface area contributed by atoms with Gasteiger partial charge in [-0.2, -0.15) is 0 Å². The van der Waals surface area contributed by atoms with Gasteiger partial charge in [-0.1, -0.05) is 23.1 Å². The first-order valence-corrected chi connectivity index (χ1v) is 5.71. The van der Waals surface area contributed by atoms with Gasteiger partial charge < -0.3 is 10.0 Å². The highest BCUT2D eigenvalue weighted by atomic mass is 32.2. The van der Waals surface area contributed by atoms with Crippen LogP contribution in [0.5, 0.6) is 0 Å². The zero-order valence-electron chi connectivity index (χ0n) is 7.89. The van der Waals surface area contributed by atoms with E-state index in [0.29, 0.717) is 5.75 Å². The third-order valence-electron chi connectivity index (χ3n) is 1.23. The van der Waals surface area contributed by atoms with E-state index < -0.39 is 0 Å². The molecule has 1 aromatic heterocycles. The molecule has 1 heterocycles. The molecular weight excluding hydrogens is 206 g/mol. The molecule has 0 aliphatic rings. The van der Waals surface area contributed by atoms with Crippen LogP contribution >= 0.6 is 23.1 Å². The molecule has 0 bridgehead atoms. The number of hydrogen-bond acceptors (Lipinski definition) is 6. The molecule has 1 N–H and O–H groups in total. The van der Waals surface area contributed by atoms with Gasteiger partial charge in [0.25, 0.3) is 0 Å². The Morgan fingerprint density at radius 3 is 2.69 bits per heavy atom. The van der Waals surface area contributed by atoms with Gasteiger partial charge in [-0.25, -0.2) is 0 Å². The van der Waals surface area contributed by atoms with Crippen LogP contribution in [-0.2, 0) is 0 Å². The Morgan fingerprint density at radius 1 is 1.54 bits per heavy atom. The molecule has 0 fully saturated rings. The van der Waals surface area contributed by atoms with E-state index in [2.05, 4.69) is 10.2 Å². The molecule has 0 aliphatic carbocycles. The summed E-state index contributed by atoms with van der Waals surface area (Å²) in [5.41, 5.74) is 0. The number of aromatic nitrogens is 2. The minimum Gasteiger partial charge on any atom is -0.393 e. The fourth-order valence-corrected chi connectivity index (χ4v) is 2.28. The van der Waals surface area contributed by atoms with E-state index in [1.54, 1.807) is 6.92 Å². The first kappa shape index (κ1) is 10.7. The summed E-state index contributed by atoms with van der Waals surface area (Å²) in [6.07, 6.45) is -0.295. The molecule has 0 saturated heterocycles. The smallest absolute Gasteiger partial charge is 0.208 e. The topological polar surface area (TPSA) is 49.3 Å². The molecule has 0 saturated carbocycles. The van der Waals surface area contributed by atoms with Gasteiger partial charge in [-0.05, 0) is 6.92 Å². The van der Waals surface area contributed by atoms with Crippen LogP contribution in [0.1, 0.15) is 6.92 Å². The van der Waals surface area contributed by atoms with Crippen LogP contribution in [0.4, 0.5) is 5.13 Å². The maximum absolute atomic E-state index is 9.05. The number of thioether (sulfide) groups is 1. The van der Waals surface area contributed by atoms with Crippen molar-refractivity contribution in [1.82, 2.24) is 10.2 Å². The zero-order chi connectivity index (χ0) is 9.84. The lowest BCUT2D eigenvalue weighted by atomic mass is 10.5. The fraction of sp³-hybridized carbons (Fsp3) is 0.714. The molecule has 6 heteroatoms. The lowest BCUT2D eigenvalue weighted by Gasteiger charge is -2.03. The number of nitrogens with zero attached hydrogens (tertiary/aromatic N) is 3. The van der Waals surface area contributed by atoms with Crippen molar-refractivity contribution in [1.29, 1.82) is 0 Å². The largest absolute Gasteiger partial charge is 0.393 e. The van der Waals surface area contributed by atoms with Crippen molar-refractivity contribution in [3.63, 3.8) is 0 Å². The number of aliphatic hydroxyl groups excluding tert-OH is 1.